The summed E-state index contributed by atoms with van der Waals surface area (Å²) >= 11 is 0. The maximum absolute atomic E-state index is 13.0. The number of carbonyl (C=O) groups excluding carboxylic acids is 1. The molecule has 0 radical (unpaired) electrons. The Balaban J connectivity index is 1.41. The molecule has 3 heterocycles. The number of nitrogens with zero attached hydrogens (tertiary/aromatic N) is 4. The van der Waals surface area contributed by atoms with E-state index in [1.165, 1.54) is 24.3 Å². The number of rotatable bonds is 6. The van der Waals surface area contributed by atoms with Crippen molar-refractivity contribution in [1.82, 2.24) is 19.4 Å². The van der Waals surface area contributed by atoms with Gasteiger partial charge in [-0.15, -0.1) is 0 Å². The van der Waals surface area contributed by atoms with E-state index in [4.69, 9.17) is 9.72 Å². The van der Waals surface area contributed by atoms with Crippen LogP contribution in [0.3, 0.4) is 0 Å². The van der Waals surface area contributed by atoms with Crippen molar-refractivity contribution >= 4 is 5.91 Å². The number of imidazole rings is 1. The predicted octanol–water partition coefficient (Wildman–Crippen LogP) is 3.75. The van der Waals surface area contributed by atoms with Crippen LogP contribution in [0.4, 0.5) is 4.39 Å². The maximum Gasteiger partial charge on any atom is 0.260 e. The summed E-state index contributed by atoms with van der Waals surface area (Å²) in [5.41, 5.74) is 0.986. The number of likely N-dealkylation sites (tertiary alicyclic amines) is 1. The molecule has 1 atom stereocenters. The zero-order valence-electron chi connectivity index (χ0n) is 17.0. The minimum Gasteiger partial charge on any atom is -0.484 e. The molecule has 4 rings (SSSR count). The molecule has 0 unspecified atom stereocenters. The largest absolute Gasteiger partial charge is 0.484 e. The lowest BCUT2D eigenvalue weighted by Crippen LogP contribution is -2.41. The monoisotopic (exact) mass is 408 g/mol. The molecule has 1 saturated heterocycles. The van der Waals surface area contributed by atoms with Gasteiger partial charge in [0.15, 0.2) is 6.61 Å². The molecular formula is C23H25FN4O2. The van der Waals surface area contributed by atoms with Crippen molar-refractivity contribution in [1.29, 1.82) is 0 Å². The molecule has 3 aromatic rings. The number of aryl methyl sites for hydroxylation is 1. The van der Waals surface area contributed by atoms with Gasteiger partial charge in [0, 0.05) is 43.5 Å². The Morgan fingerprint density at radius 2 is 2.07 bits per heavy atom. The topological polar surface area (TPSA) is 60.2 Å². The highest BCUT2D eigenvalue weighted by atomic mass is 19.1. The molecule has 0 aliphatic carbocycles. The number of hydrogen-bond acceptors (Lipinski definition) is 4. The number of ether oxygens (including phenoxy) is 1. The van der Waals surface area contributed by atoms with E-state index < -0.39 is 0 Å². The van der Waals surface area contributed by atoms with E-state index in [2.05, 4.69) is 11.9 Å². The van der Waals surface area contributed by atoms with Gasteiger partial charge in [-0.1, -0.05) is 13.0 Å². The van der Waals surface area contributed by atoms with Crippen molar-refractivity contribution in [2.24, 2.45) is 0 Å². The van der Waals surface area contributed by atoms with Crippen LogP contribution in [0.2, 0.25) is 0 Å². The van der Waals surface area contributed by atoms with Crippen LogP contribution in [0.15, 0.2) is 54.9 Å². The van der Waals surface area contributed by atoms with Crippen molar-refractivity contribution in [2.75, 3.05) is 19.7 Å². The molecule has 1 aliphatic heterocycles. The van der Waals surface area contributed by atoms with E-state index in [1.807, 2.05) is 33.9 Å². The zero-order chi connectivity index (χ0) is 20.9. The number of halogens is 1. The van der Waals surface area contributed by atoms with Crippen LogP contribution in [0.5, 0.6) is 5.75 Å². The van der Waals surface area contributed by atoms with E-state index in [-0.39, 0.29) is 24.2 Å². The van der Waals surface area contributed by atoms with Crippen LogP contribution in [0.25, 0.3) is 5.82 Å². The minimum absolute atomic E-state index is 0.0548. The summed E-state index contributed by atoms with van der Waals surface area (Å²) in [6.45, 7) is 3.35. The smallest absolute Gasteiger partial charge is 0.260 e. The summed E-state index contributed by atoms with van der Waals surface area (Å²) in [4.78, 5) is 23.7. The van der Waals surface area contributed by atoms with Crippen LogP contribution < -0.4 is 4.74 Å². The Kier molecular flexibility index (Phi) is 6.07. The highest BCUT2D eigenvalue weighted by molar-refractivity contribution is 5.78. The molecule has 7 heteroatoms. The third-order valence-electron chi connectivity index (χ3n) is 5.40. The van der Waals surface area contributed by atoms with Crippen molar-refractivity contribution in [3.8, 4) is 11.6 Å². The fourth-order valence-electron chi connectivity index (χ4n) is 3.82. The van der Waals surface area contributed by atoms with Gasteiger partial charge in [0.1, 0.15) is 23.2 Å². The third kappa shape index (κ3) is 4.50. The second kappa shape index (κ2) is 9.07. The van der Waals surface area contributed by atoms with Crippen molar-refractivity contribution < 1.29 is 13.9 Å². The number of carbonyl (C=O) groups is 1. The first-order valence-electron chi connectivity index (χ1n) is 10.3. The fourth-order valence-corrected chi connectivity index (χ4v) is 3.82. The van der Waals surface area contributed by atoms with Crippen molar-refractivity contribution in [2.45, 2.75) is 32.1 Å². The Labute approximate surface area is 175 Å². The van der Waals surface area contributed by atoms with Gasteiger partial charge in [-0.3, -0.25) is 9.36 Å². The molecule has 2 aromatic heterocycles. The summed E-state index contributed by atoms with van der Waals surface area (Å²) in [6.07, 6.45) is 6.45. The maximum atomic E-state index is 13.0. The molecule has 30 heavy (non-hydrogen) atoms. The molecule has 0 bridgehead atoms. The lowest BCUT2D eigenvalue weighted by atomic mass is 9.94. The highest BCUT2D eigenvalue weighted by Gasteiger charge is 2.26. The van der Waals surface area contributed by atoms with Gasteiger partial charge in [-0.2, -0.15) is 0 Å². The van der Waals surface area contributed by atoms with Crippen LogP contribution in [0, 0.1) is 5.82 Å². The number of benzene rings is 1. The lowest BCUT2D eigenvalue weighted by Gasteiger charge is -2.32. The average Bonchev–Trinajstić information content (AvgIpc) is 3.28. The summed E-state index contributed by atoms with van der Waals surface area (Å²) in [7, 11) is 0. The predicted molar refractivity (Wildman–Crippen MR) is 111 cm³/mol. The first-order valence-corrected chi connectivity index (χ1v) is 10.3. The van der Waals surface area contributed by atoms with Crippen LogP contribution >= 0.6 is 0 Å². The quantitative estimate of drug-likeness (QED) is 0.623. The Morgan fingerprint density at radius 1 is 1.23 bits per heavy atom. The molecule has 1 fully saturated rings. The van der Waals surface area contributed by atoms with Crippen LogP contribution in [-0.2, 0) is 11.2 Å². The number of aromatic nitrogens is 3. The Morgan fingerprint density at radius 3 is 2.87 bits per heavy atom. The Hall–Kier alpha value is -3.22. The number of pyridine rings is 1. The first kappa shape index (κ1) is 20.1. The average molecular weight is 408 g/mol. The molecule has 6 nitrogen and oxygen atoms in total. The highest BCUT2D eigenvalue weighted by Crippen LogP contribution is 2.26. The van der Waals surface area contributed by atoms with Gasteiger partial charge in [-0.05, 0) is 49.2 Å². The van der Waals surface area contributed by atoms with Crippen molar-refractivity contribution in [3.05, 3.63) is 72.2 Å². The zero-order valence-corrected chi connectivity index (χ0v) is 17.0. The van der Waals surface area contributed by atoms with Gasteiger partial charge in [0.05, 0.1) is 0 Å². The normalized spacial score (nSPS) is 16.5. The van der Waals surface area contributed by atoms with Gasteiger partial charge in [0.2, 0.25) is 0 Å². The number of hydrogen-bond donors (Lipinski definition) is 0. The molecule has 1 aliphatic rings. The number of piperidine rings is 1. The van der Waals surface area contributed by atoms with Gasteiger partial charge in [-0.25, -0.2) is 14.4 Å². The second-order valence-corrected chi connectivity index (χ2v) is 7.41. The van der Waals surface area contributed by atoms with E-state index in [0.29, 0.717) is 18.8 Å². The van der Waals surface area contributed by atoms with Gasteiger partial charge in [0.25, 0.3) is 5.91 Å². The molecule has 0 spiro atoms. The van der Waals surface area contributed by atoms with Gasteiger partial charge >= 0.3 is 0 Å². The fraction of sp³-hybridized carbons (Fsp3) is 0.348. The molecule has 0 N–H and O–H groups in total. The molecule has 1 aromatic carbocycles. The van der Waals surface area contributed by atoms with Crippen LogP contribution in [0.1, 0.15) is 37.2 Å². The molecule has 156 valence electrons. The molecular weight excluding hydrogens is 383 g/mol. The van der Waals surface area contributed by atoms with Crippen molar-refractivity contribution in [3.63, 3.8) is 0 Å². The summed E-state index contributed by atoms with van der Waals surface area (Å²) in [5.74, 6) is 2.09. The van der Waals surface area contributed by atoms with E-state index >= 15 is 0 Å². The minimum atomic E-state index is -0.330. The van der Waals surface area contributed by atoms with E-state index in [0.717, 1.165) is 36.6 Å². The lowest BCUT2D eigenvalue weighted by molar-refractivity contribution is -0.134. The number of amides is 1. The Bertz CT molecular complexity index is 1000. The van der Waals surface area contributed by atoms with Gasteiger partial charge < -0.3 is 9.64 Å². The second-order valence-electron chi connectivity index (χ2n) is 7.41. The first-order chi connectivity index (χ1) is 14.6. The summed E-state index contributed by atoms with van der Waals surface area (Å²) in [6, 6.07) is 11.7. The molecule has 0 saturated carbocycles. The molecule has 1 amide bonds. The standard InChI is InChI=1S/C23H25FN4O2/c1-2-21-25-12-14-28(21)22-7-3-6-20(26-22)17-5-4-13-27(15-17)23(29)16-30-19-10-8-18(24)9-11-19/h3,6-12,14,17H,2,4-5,13,15-16H2,1H3/t17-/m0/s1. The van der Waals surface area contributed by atoms with E-state index in [9.17, 15) is 9.18 Å². The van der Waals surface area contributed by atoms with Crippen LogP contribution in [-0.4, -0.2) is 45.0 Å². The van der Waals surface area contributed by atoms with E-state index in [1.54, 1.807) is 6.20 Å². The SMILES string of the molecule is CCc1nccn1-c1cccc([C@H]2CCCN(C(=O)COc3ccc(F)cc3)C2)n1. The third-order valence-corrected chi connectivity index (χ3v) is 5.40. The summed E-state index contributed by atoms with van der Waals surface area (Å²) < 4.78 is 20.5. The summed E-state index contributed by atoms with van der Waals surface area (Å²) in [5, 5.41) is 0.